The van der Waals surface area contributed by atoms with E-state index in [1.54, 1.807) is 12.4 Å². The fraction of sp³-hybridized carbons (Fsp3) is 0.176. The first kappa shape index (κ1) is 13.8. The maximum atomic E-state index is 5.95. The van der Waals surface area contributed by atoms with Crippen molar-refractivity contribution in [3.63, 3.8) is 0 Å². The molecular formula is C17H15ClN2O. The SMILES string of the molecule is ClCc1cnc(OCCc2ccccn2)c2ccccc12. The number of benzene rings is 1. The maximum Gasteiger partial charge on any atom is 0.221 e. The Morgan fingerprint density at radius 1 is 0.952 bits per heavy atom. The molecule has 3 rings (SSSR count). The van der Waals surface area contributed by atoms with E-state index in [0.29, 0.717) is 18.4 Å². The van der Waals surface area contributed by atoms with Crippen LogP contribution in [0.15, 0.2) is 54.9 Å². The van der Waals surface area contributed by atoms with Gasteiger partial charge in [0.15, 0.2) is 0 Å². The Morgan fingerprint density at radius 2 is 1.76 bits per heavy atom. The predicted molar refractivity (Wildman–Crippen MR) is 84.7 cm³/mol. The van der Waals surface area contributed by atoms with Gasteiger partial charge in [-0.3, -0.25) is 4.98 Å². The van der Waals surface area contributed by atoms with Crippen LogP contribution in [0.4, 0.5) is 0 Å². The summed E-state index contributed by atoms with van der Waals surface area (Å²) >= 11 is 5.95. The minimum atomic E-state index is 0.446. The molecule has 0 radical (unpaired) electrons. The van der Waals surface area contributed by atoms with Crippen LogP contribution in [0.1, 0.15) is 11.3 Å². The van der Waals surface area contributed by atoms with E-state index in [4.69, 9.17) is 16.3 Å². The van der Waals surface area contributed by atoms with Crippen molar-refractivity contribution in [2.75, 3.05) is 6.61 Å². The molecule has 0 aliphatic rings. The van der Waals surface area contributed by atoms with Gasteiger partial charge in [-0.1, -0.05) is 24.3 Å². The smallest absolute Gasteiger partial charge is 0.221 e. The van der Waals surface area contributed by atoms with Gasteiger partial charge in [0.1, 0.15) is 0 Å². The molecule has 0 unspecified atom stereocenters. The molecule has 0 spiro atoms. The molecule has 0 amide bonds. The third-order valence-electron chi connectivity index (χ3n) is 3.31. The highest BCUT2D eigenvalue weighted by Gasteiger charge is 2.07. The first-order valence-electron chi connectivity index (χ1n) is 6.84. The lowest BCUT2D eigenvalue weighted by Crippen LogP contribution is -2.04. The van der Waals surface area contributed by atoms with Crippen molar-refractivity contribution in [3.05, 3.63) is 66.1 Å². The molecular weight excluding hydrogens is 284 g/mol. The maximum absolute atomic E-state index is 5.95. The van der Waals surface area contributed by atoms with Gasteiger partial charge in [0.05, 0.1) is 6.61 Å². The number of nitrogens with zero attached hydrogens (tertiary/aromatic N) is 2. The number of alkyl halides is 1. The van der Waals surface area contributed by atoms with E-state index in [0.717, 1.165) is 28.5 Å². The van der Waals surface area contributed by atoms with Crippen LogP contribution in [-0.2, 0) is 12.3 Å². The van der Waals surface area contributed by atoms with Crippen molar-refractivity contribution in [3.8, 4) is 5.88 Å². The average Bonchev–Trinajstić information content (AvgIpc) is 2.56. The molecule has 0 aliphatic carbocycles. The molecule has 2 heterocycles. The van der Waals surface area contributed by atoms with Crippen molar-refractivity contribution < 1.29 is 4.74 Å². The van der Waals surface area contributed by atoms with E-state index in [2.05, 4.69) is 9.97 Å². The van der Waals surface area contributed by atoms with Crippen molar-refractivity contribution in [2.45, 2.75) is 12.3 Å². The van der Waals surface area contributed by atoms with E-state index in [9.17, 15) is 0 Å². The molecule has 106 valence electrons. The number of fused-ring (bicyclic) bond motifs is 1. The molecule has 0 bridgehead atoms. The number of hydrogen-bond donors (Lipinski definition) is 0. The summed E-state index contributed by atoms with van der Waals surface area (Å²) in [5, 5.41) is 2.09. The van der Waals surface area contributed by atoms with Crippen molar-refractivity contribution in [1.82, 2.24) is 9.97 Å². The summed E-state index contributed by atoms with van der Waals surface area (Å²) in [6.45, 7) is 0.550. The van der Waals surface area contributed by atoms with E-state index in [-0.39, 0.29) is 0 Å². The molecule has 1 aromatic carbocycles. The molecule has 0 atom stereocenters. The van der Waals surface area contributed by atoms with Gasteiger partial charge in [0.2, 0.25) is 5.88 Å². The first-order valence-corrected chi connectivity index (χ1v) is 7.37. The minimum Gasteiger partial charge on any atom is -0.477 e. The predicted octanol–water partition coefficient (Wildman–Crippen LogP) is 3.99. The molecule has 3 nitrogen and oxygen atoms in total. The highest BCUT2D eigenvalue weighted by molar-refractivity contribution is 6.18. The first-order chi connectivity index (χ1) is 10.4. The normalized spacial score (nSPS) is 10.7. The molecule has 0 aliphatic heterocycles. The van der Waals surface area contributed by atoms with Gasteiger partial charge in [-0.2, -0.15) is 0 Å². The molecule has 0 fully saturated rings. The molecule has 3 aromatic rings. The number of rotatable bonds is 5. The highest BCUT2D eigenvalue weighted by atomic mass is 35.5. The van der Waals surface area contributed by atoms with Gasteiger partial charge in [0.25, 0.3) is 0 Å². The molecule has 21 heavy (non-hydrogen) atoms. The third kappa shape index (κ3) is 3.14. The molecule has 0 saturated heterocycles. The van der Waals surface area contributed by atoms with Gasteiger partial charge in [0, 0.05) is 35.8 Å². The van der Waals surface area contributed by atoms with Crippen LogP contribution in [0.25, 0.3) is 10.8 Å². The van der Waals surface area contributed by atoms with Gasteiger partial charge in [-0.05, 0) is 29.1 Å². The van der Waals surface area contributed by atoms with Crippen LogP contribution >= 0.6 is 11.6 Å². The van der Waals surface area contributed by atoms with Gasteiger partial charge in [-0.15, -0.1) is 11.6 Å². The zero-order chi connectivity index (χ0) is 14.5. The van der Waals surface area contributed by atoms with Crippen molar-refractivity contribution >= 4 is 22.4 Å². The van der Waals surface area contributed by atoms with E-state index < -0.39 is 0 Å². The van der Waals surface area contributed by atoms with Crippen LogP contribution in [-0.4, -0.2) is 16.6 Å². The van der Waals surface area contributed by atoms with Crippen LogP contribution in [0, 0.1) is 0 Å². The van der Waals surface area contributed by atoms with Gasteiger partial charge in [-0.25, -0.2) is 4.98 Å². The number of aromatic nitrogens is 2. The number of pyridine rings is 2. The Morgan fingerprint density at radius 3 is 2.52 bits per heavy atom. The summed E-state index contributed by atoms with van der Waals surface area (Å²) in [6, 6.07) is 13.9. The van der Waals surface area contributed by atoms with E-state index >= 15 is 0 Å². The molecule has 4 heteroatoms. The lowest BCUT2D eigenvalue weighted by molar-refractivity contribution is 0.312. The summed E-state index contributed by atoms with van der Waals surface area (Å²) in [7, 11) is 0. The Bertz CT molecular complexity index is 731. The van der Waals surface area contributed by atoms with Crippen LogP contribution in [0.2, 0.25) is 0 Å². The van der Waals surface area contributed by atoms with Crippen molar-refractivity contribution in [2.24, 2.45) is 0 Å². The Kier molecular flexibility index (Phi) is 4.31. The molecule has 2 aromatic heterocycles. The standard InChI is InChI=1S/C17H15ClN2O/c18-11-13-12-20-17(16-7-2-1-6-15(13)16)21-10-8-14-5-3-4-9-19-14/h1-7,9,12H,8,10-11H2. The number of hydrogen-bond acceptors (Lipinski definition) is 3. The second-order valence-corrected chi connectivity index (χ2v) is 4.95. The van der Waals surface area contributed by atoms with Crippen LogP contribution in [0.5, 0.6) is 5.88 Å². The quantitative estimate of drug-likeness (QED) is 0.668. The Balaban J connectivity index is 1.78. The zero-order valence-electron chi connectivity index (χ0n) is 11.5. The van der Waals surface area contributed by atoms with Crippen molar-refractivity contribution in [1.29, 1.82) is 0 Å². The van der Waals surface area contributed by atoms with E-state index in [1.165, 1.54) is 0 Å². The largest absolute Gasteiger partial charge is 0.477 e. The lowest BCUT2D eigenvalue weighted by atomic mass is 10.1. The topological polar surface area (TPSA) is 35.0 Å². The monoisotopic (exact) mass is 298 g/mol. The van der Waals surface area contributed by atoms with E-state index in [1.807, 2.05) is 42.5 Å². The zero-order valence-corrected chi connectivity index (χ0v) is 12.3. The van der Waals surface area contributed by atoms with Crippen LogP contribution in [0.3, 0.4) is 0 Å². The van der Waals surface area contributed by atoms with Gasteiger partial charge >= 0.3 is 0 Å². The summed E-state index contributed by atoms with van der Waals surface area (Å²) in [6.07, 6.45) is 4.33. The fourth-order valence-electron chi connectivity index (χ4n) is 2.25. The molecule has 0 saturated carbocycles. The second kappa shape index (κ2) is 6.55. The summed E-state index contributed by atoms with van der Waals surface area (Å²) in [5.74, 6) is 1.09. The molecule has 0 N–H and O–H groups in total. The third-order valence-corrected chi connectivity index (χ3v) is 3.60. The Labute approximate surface area is 128 Å². The highest BCUT2D eigenvalue weighted by Crippen LogP contribution is 2.27. The lowest BCUT2D eigenvalue weighted by Gasteiger charge is -2.10. The summed E-state index contributed by atoms with van der Waals surface area (Å²) in [5.41, 5.74) is 2.03. The average molecular weight is 299 g/mol. The number of ether oxygens (including phenoxy) is 1. The Hall–Kier alpha value is -2.13. The summed E-state index contributed by atoms with van der Waals surface area (Å²) < 4.78 is 5.83. The summed E-state index contributed by atoms with van der Waals surface area (Å²) in [4.78, 5) is 8.66. The van der Waals surface area contributed by atoms with Crippen LogP contribution < -0.4 is 4.74 Å². The number of halogens is 1. The second-order valence-electron chi connectivity index (χ2n) is 4.69. The fourth-order valence-corrected chi connectivity index (χ4v) is 2.46. The van der Waals surface area contributed by atoms with Gasteiger partial charge < -0.3 is 4.74 Å². The minimum absolute atomic E-state index is 0.446.